The van der Waals surface area contributed by atoms with Crippen molar-refractivity contribution in [1.82, 2.24) is 15.5 Å². The molecule has 24 heavy (non-hydrogen) atoms. The molecule has 1 aliphatic heterocycles. The van der Waals surface area contributed by atoms with E-state index in [-0.39, 0.29) is 23.5 Å². The van der Waals surface area contributed by atoms with Gasteiger partial charge >= 0.3 is 6.03 Å². The highest BCUT2D eigenvalue weighted by Crippen LogP contribution is 2.16. The Labute approximate surface area is 144 Å². The van der Waals surface area contributed by atoms with Crippen molar-refractivity contribution in [2.75, 3.05) is 13.1 Å². The number of carbonyl (C=O) groups excluding carboxylic acids is 2. The summed E-state index contributed by atoms with van der Waals surface area (Å²) in [5.41, 5.74) is 2.83. The van der Waals surface area contributed by atoms with E-state index < -0.39 is 0 Å². The Kier molecular flexibility index (Phi) is 5.52. The smallest absolute Gasteiger partial charge is 0.315 e. The summed E-state index contributed by atoms with van der Waals surface area (Å²) in [6, 6.07) is 5.83. The van der Waals surface area contributed by atoms with Crippen molar-refractivity contribution in [2.24, 2.45) is 0 Å². The summed E-state index contributed by atoms with van der Waals surface area (Å²) in [5, 5.41) is 5.91. The van der Waals surface area contributed by atoms with Gasteiger partial charge in [-0.3, -0.25) is 4.79 Å². The van der Waals surface area contributed by atoms with E-state index in [9.17, 15) is 9.59 Å². The van der Waals surface area contributed by atoms with Crippen LogP contribution in [0.5, 0.6) is 0 Å². The second-order valence-electron chi connectivity index (χ2n) is 7.71. The highest BCUT2D eigenvalue weighted by Gasteiger charge is 2.25. The molecular weight excluding hydrogens is 302 g/mol. The molecule has 0 aliphatic carbocycles. The summed E-state index contributed by atoms with van der Waals surface area (Å²) in [4.78, 5) is 26.4. The van der Waals surface area contributed by atoms with Gasteiger partial charge in [-0.25, -0.2) is 4.79 Å². The van der Waals surface area contributed by atoms with E-state index in [1.807, 2.05) is 57.7 Å². The van der Waals surface area contributed by atoms with Crippen molar-refractivity contribution in [3.05, 3.63) is 34.9 Å². The molecule has 1 heterocycles. The lowest BCUT2D eigenvalue weighted by Gasteiger charge is -2.33. The van der Waals surface area contributed by atoms with Crippen molar-refractivity contribution in [3.63, 3.8) is 0 Å². The fourth-order valence-corrected chi connectivity index (χ4v) is 2.85. The molecule has 3 amide bonds. The van der Waals surface area contributed by atoms with Crippen LogP contribution in [0.1, 0.15) is 55.1 Å². The summed E-state index contributed by atoms with van der Waals surface area (Å²) in [6.45, 7) is 11.3. The normalized spacial score (nSPS) is 16.0. The van der Waals surface area contributed by atoms with Crippen LogP contribution in [0.3, 0.4) is 0 Å². The molecule has 5 heteroatoms. The number of nitrogens with zero attached hydrogens (tertiary/aromatic N) is 1. The Balaban J connectivity index is 1.87. The number of benzene rings is 1. The number of hydrogen-bond acceptors (Lipinski definition) is 2. The van der Waals surface area contributed by atoms with Crippen LogP contribution in [-0.2, 0) is 0 Å². The van der Waals surface area contributed by atoms with E-state index >= 15 is 0 Å². The predicted octanol–water partition coefficient (Wildman–Crippen LogP) is 3.01. The minimum absolute atomic E-state index is 0.0793. The maximum atomic E-state index is 12.6. The maximum Gasteiger partial charge on any atom is 0.315 e. The van der Waals surface area contributed by atoms with E-state index in [1.54, 1.807) is 0 Å². The number of piperidine rings is 1. The molecule has 1 aliphatic rings. The van der Waals surface area contributed by atoms with Crippen molar-refractivity contribution >= 4 is 11.9 Å². The van der Waals surface area contributed by atoms with Gasteiger partial charge in [-0.1, -0.05) is 6.07 Å². The first-order chi connectivity index (χ1) is 11.2. The molecule has 0 aromatic heterocycles. The topological polar surface area (TPSA) is 61.4 Å². The van der Waals surface area contributed by atoms with Gasteiger partial charge in [-0.05, 0) is 70.7 Å². The van der Waals surface area contributed by atoms with Crippen molar-refractivity contribution in [3.8, 4) is 0 Å². The van der Waals surface area contributed by atoms with Gasteiger partial charge in [-0.15, -0.1) is 0 Å². The molecule has 0 radical (unpaired) electrons. The lowest BCUT2D eigenvalue weighted by molar-refractivity contribution is 0.0708. The van der Waals surface area contributed by atoms with Gasteiger partial charge in [0.2, 0.25) is 0 Å². The van der Waals surface area contributed by atoms with Crippen LogP contribution in [0.2, 0.25) is 0 Å². The molecule has 0 spiro atoms. The molecule has 1 fully saturated rings. The predicted molar refractivity (Wildman–Crippen MR) is 96.3 cm³/mol. The number of hydrogen-bond donors (Lipinski definition) is 2. The molecule has 0 bridgehead atoms. The highest BCUT2D eigenvalue weighted by molar-refractivity contribution is 5.94. The first kappa shape index (κ1) is 18.3. The van der Waals surface area contributed by atoms with Crippen LogP contribution in [0, 0.1) is 13.8 Å². The molecule has 1 aromatic carbocycles. The molecule has 132 valence electrons. The van der Waals surface area contributed by atoms with E-state index in [2.05, 4.69) is 10.6 Å². The van der Waals surface area contributed by atoms with Crippen molar-refractivity contribution in [1.29, 1.82) is 0 Å². The average molecular weight is 331 g/mol. The van der Waals surface area contributed by atoms with Gasteiger partial charge in [0.1, 0.15) is 0 Å². The van der Waals surface area contributed by atoms with Gasteiger partial charge in [0.05, 0.1) is 0 Å². The number of amides is 3. The van der Waals surface area contributed by atoms with E-state index in [0.717, 1.165) is 24.0 Å². The summed E-state index contributed by atoms with van der Waals surface area (Å²) in [7, 11) is 0. The van der Waals surface area contributed by atoms with E-state index in [4.69, 9.17) is 0 Å². The Hall–Kier alpha value is -2.04. The number of carbonyl (C=O) groups is 2. The van der Waals surface area contributed by atoms with Gasteiger partial charge in [0.25, 0.3) is 5.91 Å². The van der Waals surface area contributed by atoms with E-state index in [0.29, 0.717) is 13.1 Å². The first-order valence-electron chi connectivity index (χ1n) is 8.61. The molecule has 0 saturated carbocycles. The monoisotopic (exact) mass is 331 g/mol. The zero-order chi connectivity index (χ0) is 17.9. The van der Waals surface area contributed by atoms with Gasteiger partial charge in [0.15, 0.2) is 0 Å². The lowest BCUT2D eigenvalue weighted by atomic mass is 10.0. The number of likely N-dealkylation sites (tertiary alicyclic amines) is 1. The number of nitrogens with one attached hydrogen (secondary N) is 2. The van der Waals surface area contributed by atoms with Crippen molar-refractivity contribution in [2.45, 2.75) is 59.0 Å². The molecule has 1 saturated heterocycles. The maximum absolute atomic E-state index is 12.6. The standard InChI is InChI=1S/C19H29N3O2/c1-13-6-7-15(12-14(13)2)17(23)22-10-8-16(9-11-22)20-18(24)21-19(3,4)5/h6-7,12,16H,8-11H2,1-5H3,(H2,20,21,24). The zero-order valence-corrected chi connectivity index (χ0v) is 15.4. The Morgan fingerprint density at radius 3 is 2.25 bits per heavy atom. The second kappa shape index (κ2) is 7.24. The van der Waals surface area contributed by atoms with Gasteiger partial charge < -0.3 is 15.5 Å². The molecule has 2 N–H and O–H groups in total. The average Bonchev–Trinajstić information content (AvgIpc) is 2.48. The molecule has 1 aromatic rings. The second-order valence-corrected chi connectivity index (χ2v) is 7.71. The molecule has 5 nitrogen and oxygen atoms in total. The van der Waals surface area contributed by atoms with Crippen LogP contribution in [0.25, 0.3) is 0 Å². The fourth-order valence-electron chi connectivity index (χ4n) is 2.85. The molecule has 0 atom stereocenters. The van der Waals surface area contributed by atoms with Gasteiger partial charge in [0, 0.05) is 30.2 Å². The third-order valence-corrected chi connectivity index (χ3v) is 4.36. The van der Waals surface area contributed by atoms with Crippen LogP contribution in [0.15, 0.2) is 18.2 Å². The quantitative estimate of drug-likeness (QED) is 0.875. The number of rotatable bonds is 2. The number of aryl methyl sites for hydroxylation is 2. The minimum Gasteiger partial charge on any atom is -0.338 e. The summed E-state index contributed by atoms with van der Waals surface area (Å²) in [5.74, 6) is 0.0793. The zero-order valence-electron chi connectivity index (χ0n) is 15.4. The fraction of sp³-hybridized carbons (Fsp3) is 0.579. The Morgan fingerprint density at radius 2 is 1.71 bits per heavy atom. The summed E-state index contributed by atoms with van der Waals surface area (Å²) < 4.78 is 0. The molecule has 2 rings (SSSR count). The Morgan fingerprint density at radius 1 is 1.08 bits per heavy atom. The molecular formula is C19H29N3O2. The molecule has 0 unspecified atom stereocenters. The third-order valence-electron chi connectivity index (χ3n) is 4.36. The van der Waals surface area contributed by atoms with Gasteiger partial charge in [-0.2, -0.15) is 0 Å². The van der Waals surface area contributed by atoms with Crippen LogP contribution in [-0.4, -0.2) is 41.5 Å². The first-order valence-corrected chi connectivity index (χ1v) is 8.61. The summed E-state index contributed by atoms with van der Waals surface area (Å²) >= 11 is 0. The van der Waals surface area contributed by atoms with Crippen LogP contribution in [0.4, 0.5) is 4.79 Å². The lowest BCUT2D eigenvalue weighted by Crippen LogP contribution is -2.52. The van der Waals surface area contributed by atoms with Crippen molar-refractivity contribution < 1.29 is 9.59 Å². The SMILES string of the molecule is Cc1ccc(C(=O)N2CCC(NC(=O)NC(C)(C)C)CC2)cc1C. The van der Waals surface area contributed by atoms with E-state index in [1.165, 1.54) is 5.56 Å². The van der Waals surface area contributed by atoms with Crippen LogP contribution >= 0.6 is 0 Å². The highest BCUT2D eigenvalue weighted by atomic mass is 16.2. The number of urea groups is 1. The largest absolute Gasteiger partial charge is 0.338 e. The Bertz CT molecular complexity index is 612. The summed E-state index contributed by atoms with van der Waals surface area (Å²) in [6.07, 6.45) is 1.57. The minimum atomic E-state index is -0.246. The third kappa shape index (κ3) is 4.98. The van der Waals surface area contributed by atoms with Crippen LogP contribution < -0.4 is 10.6 Å².